The Bertz CT molecular complexity index is 1050. The number of rotatable bonds is 6. The van der Waals surface area contributed by atoms with Crippen molar-refractivity contribution < 1.29 is 13.9 Å². The molecule has 1 aliphatic rings. The van der Waals surface area contributed by atoms with Crippen molar-refractivity contribution in [3.05, 3.63) is 71.5 Å². The quantitative estimate of drug-likeness (QED) is 0.568. The normalized spacial score (nSPS) is 14.5. The number of likely N-dealkylation sites (N-methyl/N-ethyl adjacent to an activating group) is 1. The molecule has 2 aromatic carbocycles. The fraction of sp³-hybridized carbons (Fsp3) is 0.320. The van der Waals surface area contributed by atoms with Crippen LogP contribution < -0.4 is 4.90 Å². The highest BCUT2D eigenvalue weighted by Crippen LogP contribution is 2.28. The maximum atomic E-state index is 12.8. The maximum Gasteiger partial charge on any atom is 0.246 e. The van der Waals surface area contributed by atoms with Crippen LogP contribution in [0.4, 0.5) is 5.69 Å². The zero-order valence-corrected chi connectivity index (χ0v) is 17.6. The number of amides is 1. The van der Waals surface area contributed by atoms with Crippen LogP contribution in [0.15, 0.2) is 59.0 Å². The van der Waals surface area contributed by atoms with Gasteiger partial charge in [0.05, 0.1) is 13.2 Å². The second-order valence-electron chi connectivity index (χ2n) is 7.54. The topological polar surface area (TPSA) is 45.9 Å². The van der Waals surface area contributed by atoms with Crippen molar-refractivity contribution in [2.45, 2.75) is 19.9 Å². The molecule has 1 amide bonds. The molecule has 1 fully saturated rings. The van der Waals surface area contributed by atoms with Crippen molar-refractivity contribution in [1.82, 2.24) is 4.90 Å². The Balaban J connectivity index is 1.50. The maximum absolute atomic E-state index is 12.8. The Morgan fingerprint density at radius 1 is 1.10 bits per heavy atom. The first-order chi connectivity index (χ1) is 14.7. The lowest BCUT2D eigenvalue weighted by atomic mass is 10.1. The summed E-state index contributed by atoms with van der Waals surface area (Å²) in [5.74, 6) is 0.875. The molecule has 0 unspecified atom stereocenters. The zero-order valence-electron chi connectivity index (χ0n) is 17.6. The smallest absolute Gasteiger partial charge is 0.246 e. The van der Waals surface area contributed by atoms with E-state index >= 15 is 0 Å². The highest BCUT2D eigenvalue weighted by atomic mass is 16.5. The molecule has 3 aromatic rings. The second-order valence-corrected chi connectivity index (χ2v) is 7.54. The molecule has 156 valence electrons. The van der Waals surface area contributed by atoms with Crippen LogP contribution in [-0.2, 0) is 22.5 Å². The van der Waals surface area contributed by atoms with Gasteiger partial charge in [0.25, 0.3) is 0 Å². The number of morpholine rings is 1. The summed E-state index contributed by atoms with van der Waals surface area (Å²) in [5, 5.41) is 1.04. The van der Waals surface area contributed by atoms with Crippen LogP contribution in [0.1, 0.15) is 23.8 Å². The Labute approximate surface area is 177 Å². The van der Waals surface area contributed by atoms with Gasteiger partial charge in [0.2, 0.25) is 5.91 Å². The van der Waals surface area contributed by atoms with E-state index in [0.29, 0.717) is 6.54 Å². The van der Waals surface area contributed by atoms with E-state index < -0.39 is 0 Å². The van der Waals surface area contributed by atoms with E-state index in [9.17, 15) is 4.79 Å². The largest absolute Gasteiger partial charge is 0.460 e. The third-order valence-electron chi connectivity index (χ3n) is 5.55. The van der Waals surface area contributed by atoms with Crippen molar-refractivity contribution in [2.75, 3.05) is 38.3 Å². The molecule has 5 nitrogen and oxygen atoms in total. The number of carbonyl (C=O) groups excluding carboxylic acids is 1. The van der Waals surface area contributed by atoms with Crippen LogP contribution in [0, 0.1) is 0 Å². The molecule has 0 spiro atoms. The predicted octanol–water partition coefficient (Wildman–Crippen LogP) is 4.50. The lowest BCUT2D eigenvalue weighted by Gasteiger charge is -2.31. The van der Waals surface area contributed by atoms with Crippen molar-refractivity contribution in [3.63, 3.8) is 0 Å². The summed E-state index contributed by atoms with van der Waals surface area (Å²) in [5.41, 5.74) is 4.17. The monoisotopic (exact) mass is 404 g/mol. The van der Waals surface area contributed by atoms with Gasteiger partial charge in [-0.1, -0.05) is 43.3 Å². The summed E-state index contributed by atoms with van der Waals surface area (Å²) in [4.78, 5) is 16.9. The van der Waals surface area contributed by atoms with Crippen LogP contribution in [0.2, 0.25) is 0 Å². The molecule has 0 bridgehead atoms. The highest BCUT2D eigenvalue weighted by Gasteiger charge is 2.17. The summed E-state index contributed by atoms with van der Waals surface area (Å²) >= 11 is 0. The van der Waals surface area contributed by atoms with Gasteiger partial charge in [-0.15, -0.1) is 0 Å². The van der Waals surface area contributed by atoms with Gasteiger partial charge in [-0.25, -0.2) is 0 Å². The molecule has 0 N–H and O–H groups in total. The van der Waals surface area contributed by atoms with E-state index in [2.05, 4.69) is 24.0 Å². The summed E-state index contributed by atoms with van der Waals surface area (Å²) in [6, 6.07) is 16.2. The lowest BCUT2D eigenvalue weighted by Crippen LogP contribution is -2.37. The number of ether oxygens (including phenoxy) is 1. The Morgan fingerprint density at radius 2 is 1.83 bits per heavy atom. The summed E-state index contributed by atoms with van der Waals surface area (Å²) < 4.78 is 11.4. The van der Waals surface area contributed by atoms with Gasteiger partial charge in [0.1, 0.15) is 11.3 Å². The number of hydrogen-bond donors (Lipinski definition) is 0. The van der Waals surface area contributed by atoms with Crippen LogP contribution in [0.5, 0.6) is 0 Å². The summed E-state index contributed by atoms with van der Waals surface area (Å²) in [7, 11) is 1.84. The zero-order chi connectivity index (χ0) is 20.9. The summed E-state index contributed by atoms with van der Waals surface area (Å²) in [6.07, 6.45) is 4.32. The van der Waals surface area contributed by atoms with E-state index in [4.69, 9.17) is 9.15 Å². The van der Waals surface area contributed by atoms with E-state index in [-0.39, 0.29) is 5.91 Å². The fourth-order valence-electron chi connectivity index (χ4n) is 3.93. The van der Waals surface area contributed by atoms with Crippen molar-refractivity contribution in [2.24, 2.45) is 0 Å². The molecular weight excluding hydrogens is 376 g/mol. The predicted molar refractivity (Wildman–Crippen MR) is 121 cm³/mol. The highest BCUT2D eigenvalue weighted by molar-refractivity contribution is 5.96. The number of para-hydroxylation sites is 2. The number of anilines is 1. The fourth-order valence-corrected chi connectivity index (χ4v) is 3.93. The molecule has 1 aromatic heterocycles. The second kappa shape index (κ2) is 9.18. The molecule has 0 saturated carbocycles. The number of nitrogens with zero attached hydrogens (tertiary/aromatic N) is 2. The van der Waals surface area contributed by atoms with Gasteiger partial charge < -0.3 is 19.0 Å². The average Bonchev–Trinajstić information content (AvgIpc) is 3.16. The first kappa shape index (κ1) is 20.2. The van der Waals surface area contributed by atoms with Gasteiger partial charge >= 0.3 is 0 Å². The minimum absolute atomic E-state index is 0.0286. The molecule has 1 saturated heterocycles. The third kappa shape index (κ3) is 4.26. The molecule has 1 aliphatic heterocycles. The van der Waals surface area contributed by atoms with Gasteiger partial charge in [-0.05, 0) is 23.8 Å². The molecular formula is C25H28N2O3. The van der Waals surface area contributed by atoms with E-state index in [1.54, 1.807) is 11.0 Å². The first-order valence-corrected chi connectivity index (χ1v) is 10.5. The molecule has 0 atom stereocenters. The minimum Gasteiger partial charge on any atom is -0.460 e. The van der Waals surface area contributed by atoms with Crippen LogP contribution in [0.25, 0.3) is 17.0 Å². The molecule has 2 heterocycles. The van der Waals surface area contributed by atoms with Crippen LogP contribution >= 0.6 is 0 Å². The molecule has 4 rings (SSSR count). The van der Waals surface area contributed by atoms with Crippen molar-refractivity contribution in [1.29, 1.82) is 0 Å². The van der Waals surface area contributed by atoms with Crippen LogP contribution in [-0.4, -0.2) is 44.2 Å². The number of hydrogen-bond acceptors (Lipinski definition) is 4. The van der Waals surface area contributed by atoms with Gasteiger partial charge in [-0.2, -0.15) is 0 Å². The Morgan fingerprint density at radius 3 is 2.63 bits per heavy atom. The van der Waals surface area contributed by atoms with Gasteiger partial charge in [-0.3, -0.25) is 4.79 Å². The average molecular weight is 405 g/mol. The SMILES string of the molecule is CCc1oc2ccccc2c1/C=C/C(=O)N(C)Cc1ccccc1N1CCOCC1. The lowest BCUT2D eigenvalue weighted by molar-refractivity contribution is -0.125. The van der Waals surface area contributed by atoms with Gasteiger partial charge in [0, 0.05) is 55.8 Å². The molecule has 0 aliphatic carbocycles. The summed E-state index contributed by atoms with van der Waals surface area (Å²) in [6.45, 7) is 5.85. The number of benzene rings is 2. The third-order valence-corrected chi connectivity index (χ3v) is 5.55. The first-order valence-electron chi connectivity index (χ1n) is 10.5. The number of aryl methyl sites for hydroxylation is 1. The number of furan rings is 1. The number of carbonyl (C=O) groups is 1. The Hall–Kier alpha value is -3.05. The Kier molecular flexibility index (Phi) is 6.19. The standard InChI is InChI=1S/C25H28N2O3/c1-3-23-21(20-9-5-7-11-24(20)30-23)12-13-25(28)26(2)18-19-8-4-6-10-22(19)27-14-16-29-17-15-27/h4-13H,3,14-18H2,1-2H3/b13-12+. The van der Waals surface area contributed by atoms with E-state index in [1.807, 2.05) is 49.5 Å². The van der Waals surface area contributed by atoms with Crippen molar-refractivity contribution >= 4 is 28.6 Å². The van der Waals surface area contributed by atoms with Crippen molar-refractivity contribution in [3.8, 4) is 0 Å². The van der Waals surface area contributed by atoms with E-state index in [1.165, 1.54) is 5.69 Å². The molecule has 0 radical (unpaired) electrons. The molecule has 30 heavy (non-hydrogen) atoms. The van der Waals surface area contributed by atoms with Crippen LogP contribution in [0.3, 0.4) is 0 Å². The van der Waals surface area contributed by atoms with Gasteiger partial charge in [0.15, 0.2) is 0 Å². The molecule has 5 heteroatoms. The number of fused-ring (bicyclic) bond motifs is 1. The minimum atomic E-state index is -0.0286. The van der Waals surface area contributed by atoms with E-state index in [0.717, 1.165) is 60.6 Å².